The van der Waals surface area contributed by atoms with Crippen LogP contribution in [-0.2, 0) is 9.47 Å². The van der Waals surface area contributed by atoms with Crippen molar-refractivity contribution < 1.29 is 14.6 Å². The molecule has 0 amide bonds. The highest BCUT2D eigenvalue weighted by Gasteiger charge is 2.37. The molecular formula is C14H28N2O3. The largest absolute Gasteiger partial charge is 0.394 e. The van der Waals surface area contributed by atoms with Gasteiger partial charge >= 0.3 is 0 Å². The minimum absolute atomic E-state index is 0.0349. The zero-order valence-corrected chi connectivity index (χ0v) is 12.2. The zero-order chi connectivity index (χ0) is 13.7. The predicted octanol–water partition coefficient (Wildman–Crippen LogP) is 0.0842. The van der Waals surface area contributed by atoms with Gasteiger partial charge in [-0.15, -0.1) is 0 Å². The summed E-state index contributed by atoms with van der Waals surface area (Å²) in [5.41, 5.74) is 0.207. The van der Waals surface area contributed by atoms with Crippen LogP contribution in [0.2, 0.25) is 0 Å². The zero-order valence-electron chi connectivity index (χ0n) is 12.2. The van der Waals surface area contributed by atoms with Crippen LogP contribution >= 0.6 is 0 Å². The molecule has 5 nitrogen and oxygen atoms in total. The Morgan fingerprint density at radius 2 is 2.32 bits per heavy atom. The minimum atomic E-state index is -0.0349. The fourth-order valence-corrected chi connectivity index (χ4v) is 3.24. The Morgan fingerprint density at radius 3 is 2.95 bits per heavy atom. The lowest BCUT2D eigenvalue weighted by molar-refractivity contribution is -0.102. The van der Waals surface area contributed by atoms with Gasteiger partial charge in [0.2, 0.25) is 0 Å². The summed E-state index contributed by atoms with van der Waals surface area (Å²) in [5, 5.41) is 12.6. The molecule has 2 aliphatic rings. The highest BCUT2D eigenvalue weighted by molar-refractivity contribution is 4.90. The van der Waals surface area contributed by atoms with Crippen molar-refractivity contribution in [2.45, 2.75) is 31.9 Å². The first-order valence-electron chi connectivity index (χ1n) is 7.38. The summed E-state index contributed by atoms with van der Waals surface area (Å²) >= 11 is 0. The van der Waals surface area contributed by atoms with E-state index in [4.69, 9.17) is 9.47 Å². The van der Waals surface area contributed by atoms with E-state index in [0.29, 0.717) is 12.6 Å². The van der Waals surface area contributed by atoms with E-state index in [1.807, 2.05) is 7.05 Å². The van der Waals surface area contributed by atoms with Gasteiger partial charge in [0.05, 0.1) is 25.9 Å². The molecule has 112 valence electrons. The molecule has 0 spiro atoms. The predicted molar refractivity (Wildman–Crippen MR) is 74.3 cm³/mol. The van der Waals surface area contributed by atoms with Gasteiger partial charge in [-0.25, -0.2) is 0 Å². The highest BCUT2D eigenvalue weighted by Crippen LogP contribution is 2.30. The van der Waals surface area contributed by atoms with Gasteiger partial charge in [-0.2, -0.15) is 0 Å². The minimum Gasteiger partial charge on any atom is -0.394 e. The number of hydrogen-bond donors (Lipinski definition) is 2. The van der Waals surface area contributed by atoms with Gasteiger partial charge in [0.25, 0.3) is 0 Å². The van der Waals surface area contributed by atoms with Gasteiger partial charge in [-0.1, -0.05) is 0 Å². The van der Waals surface area contributed by atoms with Crippen LogP contribution in [-0.4, -0.2) is 75.3 Å². The molecule has 0 aromatic rings. The van der Waals surface area contributed by atoms with Crippen molar-refractivity contribution in [2.75, 3.05) is 53.1 Å². The third-order valence-electron chi connectivity index (χ3n) is 4.33. The third-order valence-corrected chi connectivity index (χ3v) is 4.33. The molecule has 0 radical (unpaired) electrons. The number of hydrogen-bond acceptors (Lipinski definition) is 5. The molecule has 0 bridgehead atoms. The molecule has 2 rings (SSSR count). The van der Waals surface area contributed by atoms with Crippen LogP contribution in [0.5, 0.6) is 0 Å². The lowest BCUT2D eigenvalue weighted by Crippen LogP contribution is -2.56. The van der Waals surface area contributed by atoms with Crippen LogP contribution in [0.1, 0.15) is 19.8 Å². The van der Waals surface area contributed by atoms with Crippen molar-refractivity contribution in [3.05, 3.63) is 0 Å². The van der Waals surface area contributed by atoms with Crippen LogP contribution in [0.3, 0.4) is 0 Å². The Bertz CT molecular complexity index is 264. The van der Waals surface area contributed by atoms with E-state index < -0.39 is 0 Å². The average Bonchev–Trinajstić information content (AvgIpc) is 2.42. The number of rotatable bonds is 5. The van der Waals surface area contributed by atoms with Gasteiger partial charge in [0.1, 0.15) is 0 Å². The van der Waals surface area contributed by atoms with Gasteiger partial charge < -0.3 is 19.9 Å². The number of nitrogens with one attached hydrogen (secondary N) is 1. The molecule has 3 unspecified atom stereocenters. The van der Waals surface area contributed by atoms with Gasteiger partial charge in [-0.3, -0.25) is 4.90 Å². The molecule has 0 saturated carbocycles. The normalized spacial score (nSPS) is 37.4. The molecule has 3 atom stereocenters. The van der Waals surface area contributed by atoms with Crippen molar-refractivity contribution in [3.63, 3.8) is 0 Å². The molecule has 2 aliphatic heterocycles. The Labute approximate surface area is 116 Å². The Hall–Kier alpha value is -0.200. The highest BCUT2D eigenvalue weighted by atomic mass is 16.5. The van der Waals surface area contributed by atoms with Crippen molar-refractivity contribution in [3.8, 4) is 0 Å². The van der Waals surface area contributed by atoms with Crippen molar-refractivity contribution in [1.82, 2.24) is 10.2 Å². The van der Waals surface area contributed by atoms with Gasteiger partial charge in [0, 0.05) is 37.7 Å². The van der Waals surface area contributed by atoms with Crippen LogP contribution < -0.4 is 5.32 Å². The standard InChI is InChI=1S/C14H28N2O3/c1-12-8-19-13(7-17)6-16(12)10-14(9-15-2)4-3-5-18-11-14/h12-13,15,17H,3-11H2,1-2H3. The molecule has 0 aromatic heterocycles. The van der Waals surface area contributed by atoms with Crippen molar-refractivity contribution in [2.24, 2.45) is 5.41 Å². The number of aliphatic hydroxyl groups excluding tert-OH is 1. The topological polar surface area (TPSA) is 54.0 Å². The summed E-state index contributed by atoms with van der Waals surface area (Å²) in [6.07, 6.45) is 2.32. The van der Waals surface area contributed by atoms with E-state index in [2.05, 4.69) is 17.1 Å². The quantitative estimate of drug-likeness (QED) is 0.742. The van der Waals surface area contributed by atoms with E-state index in [-0.39, 0.29) is 18.1 Å². The number of morpholine rings is 1. The van der Waals surface area contributed by atoms with E-state index >= 15 is 0 Å². The summed E-state index contributed by atoms with van der Waals surface area (Å²) < 4.78 is 11.3. The van der Waals surface area contributed by atoms with Crippen LogP contribution in [0, 0.1) is 5.41 Å². The van der Waals surface area contributed by atoms with Crippen LogP contribution in [0.25, 0.3) is 0 Å². The number of aliphatic hydroxyl groups is 1. The lowest BCUT2D eigenvalue weighted by Gasteiger charge is -2.45. The first-order valence-corrected chi connectivity index (χ1v) is 7.38. The summed E-state index contributed by atoms with van der Waals surface area (Å²) in [5.74, 6) is 0. The molecule has 0 aliphatic carbocycles. The van der Waals surface area contributed by atoms with Crippen molar-refractivity contribution in [1.29, 1.82) is 0 Å². The van der Waals surface area contributed by atoms with Crippen LogP contribution in [0.15, 0.2) is 0 Å². The number of ether oxygens (including phenoxy) is 2. The second-order valence-electron chi connectivity index (χ2n) is 6.10. The second kappa shape index (κ2) is 6.99. The second-order valence-corrected chi connectivity index (χ2v) is 6.10. The fraction of sp³-hybridized carbons (Fsp3) is 1.00. The Kier molecular flexibility index (Phi) is 5.59. The van der Waals surface area contributed by atoms with Crippen molar-refractivity contribution >= 4 is 0 Å². The van der Waals surface area contributed by atoms with Gasteiger partial charge in [-0.05, 0) is 26.8 Å². The summed E-state index contributed by atoms with van der Waals surface area (Å²) in [7, 11) is 2.01. The molecule has 19 heavy (non-hydrogen) atoms. The molecule has 2 N–H and O–H groups in total. The molecule has 2 fully saturated rings. The summed E-state index contributed by atoms with van der Waals surface area (Å²) in [4.78, 5) is 2.45. The van der Waals surface area contributed by atoms with Crippen LogP contribution in [0.4, 0.5) is 0 Å². The monoisotopic (exact) mass is 272 g/mol. The first-order chi connectivity index (χ1) is 9.19. The number of nitrogens with zero attached hydrogens (tertiary/aromatic N) is 1. The van der Waals surface area contributed by atoms with E-state index in [1.165, 1.54) is 6.42 Å². The molecular weight excluding hydrogens is 244 g/mol. The summed E-state index contributed by atoms with van der Waals surface area (Å²) in [6, 6.07) is 0.415. The molecule has 2 heterocycles. The average molecular weight is 272 g/mol. The molecule has 5 heteroatoms. The maximum absolute atomic E-state index is 9.28. The van der Waals surface area contributed by atoms with E-state index in [0.717, 1.165) is 39.3 Å². The maximum Gasteiger partial charge on any atom is 0.0933 e. The summed E-state index contributed by atoms with van der Waals surface area (Å²) in [6.45, 7) is 7.58. The Balaban J connectivity index is 1.98. The maximum atomic E-state index is 9.28. The van der Waals surface area contributed by atoms with Gasteiger partial charge in [0.15, 0.2) is 0 Å². The molecule has 0 aromatic carbocycles. The first kappa shape index (κ1) is 15.2. The van der Waals surface area contributed by atoms with E-state index in [9.17, 15) is 5.11 Å². The third kappa shape index (κ3) is 3.89. The fourth-order valence-electron chi connectivity index (χ4n) is 3.24. The Morgan fingerprint density at radius 1 is 1.47 bits per heavy atom. The molecule has 2 saturated heterocycles. The lowest BCUT2D eigenvalue weighted by atomic mass is 9.81. The smallest absolute Gasteiger partial charge is 0.0933 e. The SMILES string of the molecule is CNCC1(CN2CC(CO)OCC2C)CCCOC1. The van der Waals surface area contributed by atoms with E-state index in [1.54, 1.807) is 0 Å².